The Morgan fingerprint density at radius 3 is 2.28 bits per heavy atom. The Balaban J connectivity index is 1.43. The minimum absolute atomic E-state index is 0.0178. The van der Waals surface area contributed by atoms with Gasteiger partial charge in [-0.1, -0.05) is 65.9 Å². The molecule has 0 saturated heterocycles. The maximum Gasteiger partial charge on any atom is 0.225 e. The van der Waals surface area contributed by atoms with E-state index in [0.717, 1.165) is 28.0 Å². The minimum Gasteiger partial charge on any atom is -0.378 e. The molecule has 3 aromatic carbocycles. The fourth-order valence-electron chi connectivity index (χ4n) is 3.18. The van der Waals surface area contributed by atoms with Crippen LogP contribution >= 0.6 is 11.8 Å². The van der Waals surface area contributed by atoms with Crippen LogP contribution < -0.4 is 10.6 Å². The SMILES string of the molecule is Cc1ccc(NCc2nnc(SCCC(=O)Nc3ccccc3)n2-c2ccccc2)cc1. The highest BCUT2D eigenvalue weighted by Crippen LogP contribution is 2.23. The van der Waals surface area contributed by atoms with Crippen LogP contribution in [0, 0.1) is 6.92 Å². The van der Waals surface area contributed by atoms with Gasteiger partial charge in [-0.25, -0.2) is 0 Å². The molecular formula is C25H25N5OS. The highest BCUT2D eigenvalue weighted by atomic mass is 32.2. The lowest BCUT2D eigenvalue weighted by Crippen LogP contribution is -2.12. The Kier molecular flexibility index (Phi) is 7.19. The molecule has 162 valence electrons. The van der Waals surface area contributed by atoms with Gasteiger partial charge in [0, 0.05) is 29.2 Å². The van der Waals surface area contributed by atoms with Crippen molar-refractivity contribution in [2.24, 2.45) is 0 Å². The van der Waals surface area contributed by atoms with Crippen molar-refractivity contribution in [3.63, 3.8) is 0 Å². The van der Waals surface area contributed by atoms with Gasteiger partial charge in [-0.2, -0.15) is 0 Å². The average Bonchev–Trinajstić information content (AvgIpc) is 3.22. The topological polar surface area (TPSA) is 71.8 Å². The van der Waals surface area contributed by atoms with Crippen LogP contribution in [0.2, 0.25) is 0 Å². The first kappa shape index (κ1) is 21.6. The number of hydrogen-bond donors (Lipinski definition) is 2. The molecule has 0 aliphatic carbocycles. The van der Waals surface area contributed by atoms with Gasteiger partial charge in [0.05, 0.1) is 6.54 Å². The van der Waals surface area contributed by atoms with Crippen molar-refractivity contribution in [1.29, 1.82) is 0 Å². The summed E-state index contributed by atoms with van der Waals surface area (Å²) >= 11 is 1.53. The van der Waals surface area contributed by atoms with E-state index < -0.39 is 0 Å². The van der Waals surface area contributed by atoms with Crippen LogP contribution in [0.3, 0.4) is 0 Å². The second-order valence-corrected chi connectivity index (χ2v) is 8.36. The number of carbonyl (C=O) groups excluding carboxylic acids is 1. The molecule has 32 heavy (non-hydrogen) atoms. The number of para-hydroxylation sites is 2. The van der Waals surface area contributed by atoms with E-state index in [0.29, 0.717) is 18.7 Å². The molecule has 7 heteroatoms. The van der Waals surface area contributed by atoms with Gasteiger partial charge in [0.15, 0.2) is 11.0 Å². The van der Waals surface area contributed by atoms with Gasteiger partial charge in [0.1, 0.15) is 0 Å². The summed E-state index contributed by atoms with van der Waals surface area (Å²) in [4.78, 5) is 12.3. The summed E-state index contributed by atoms with van der Waals surface area (Å²) < 4.78 is 2.04. The van der Waals surface area contributed by atoms with E-state index in [1.54, 1.807) is 0 Å². The van der Waals surface area contributed by atoms with E-state index in [9.17, 15) is 4.79 Å². The molecule has 0 fully saturated rings. The predicted octanol–water partition coefficient (Wildman–Crippen LogP) is 5.31. The second-order valence-electron chi connectivity index (χ2n) is 7.30. The molecule has 0 unspecified atom stereocenters. The summed E-state index contributed by atoms with van der Waals surface area (Å²) in [7, 11) is 0. The molecule has 4 aromatic rings. The number of nitrogens with one attached hydrogen (secondary N) is 2. The van der Waals surface area contributed by atoms with E-state index in [4.69, 9.17) is 0 Å². The van der Waals surface area contributed by atoms with Crippen LogP contribution in [0.1, 0.15) is 17.8 Å². The van der Waals surface area contributed by atoms with Crippen LogP contribution in [0.5, 0.6) is 0 Å². The summed E-state index contributed by atoms with van der Waals surface area (Å²) in [5, 5.41) is 15.9. The zero-order valence-corrected chi connectivity index (χ0v) is 18.7. The smallest absolute Gasteiger partial charge is 0.225 e. The van der Waals surface area contributed by atoms with Crippen LogP contribution in [-0.2, 0) is 11.3 Å². The Hall–Kier alpha value is -3.58. The molecule has 0 atom stereocenters. The predicted molar refractivity (Wildman–Crippen MR) is 130 cm³/mol. The number of aryl methyl sites for hydroxylation is 1. The van der Waals surface area contributed by atoms with Crippen molar-refractivity contribution in [3.8, 4) is 5.69 Å². The summed E-state index contributed by atoms with van der Waals surface area (Å²) in [5.41, 5.74) is 4.05. The molecule has 0 aliphatic rings. The number of thioether (sulfide) groups is 1. The molecule has 0 radical (unpaired) electrons. The summed E-state index contributed by atoms with van der Waals surface area (Å²) in [6.07, 6.45) is 0.387. The van der Waals surface area contributed by atoms with Crippen molar-refractivity contribution < 1.29 is 4.79 Å². The number of hydrogen-bond acceptors (Lipinski definition) is 5. The van der Waals surface area contributed by atoms with Crippen LogP contribution in [0.15, 0.2) is 90.1 Å². The van der Waals surface area contributed by atoms with Gasteiger partial charge in [-0.3, -0.25) is 9.36 Å². The molecule has 0 bridgehead atoms. The largest absolute Gasteiger partial charge is 0.378 e. The Morgan fingerprint density at radius 2 is 1.56 bits per heavy atom. The number of benzene rings is 3. The van der Waals surface area contributed by atoms with Gasteiger partial charge < -0.3 is 10.6 Å². The summed E-state index contributed by atoms with van der Waals surface area (Å²) in [6, 6.07) is 27.8. The number of carbonyl (C=O) groups is 1. The zero-order valence-electron chi connectivity index (χ0n) is 17.9. The van der Waals surface area contributed by atoms with Crippen LogP contribution in [0.25, 0.3) is 5.69 Å². The Morgan fingerprint density at radius 1 is 0.875 bits per heavy atom. The zero-order chi connectivity index (χ0) is 22.2. The molecule has 6 nitrogen and oxygen atoms in total. The van der Waals surface area contributed by atoms with Crippen molar-refractivity contribution in [3.05, 3.63) is 96.3 Å². The highest BCUT2D eigenvalue weighted by molar-refractivity contribution is 7.99. The monoisotopic (exact) mass is 443 g/mol. The first-order valence-corrected chi connectivity index (χ1v) is 11.5. The van der Waals surface area contributed by atoms with Crippen LogP contribution in [0.4, 0.5) is 11.4 Å². The average molecular weight is 444 g/mol. The number of rotatable bonds is 9. The molecule has 4 rings (SSSR count). The maximum atomic E-state index is 12.3. The quantitative estimate of drug-likeness (QED) is 0.343. The third-order valence-corrected chi connectivity index (χ3v) is 5.77. The van der Waals surface area contributed by atoms with E-state index in [1.807, 2.05) is 65.2 Å². The number of aromatic nitrogens is 3. The van der Waals surface area contributed by atoms with E-state index in [1.165, 1.54) is 17.3 Å². The van der Waals surface area contributed by atoms with Crippen molar-refractivity contribution in [2.45, 2.75) is 25.0 Å². The first-order valence-electron chi connectivity index (χ1n) is 10.5. The normalized spacial score (nSPS) is 10.7. The molecule has 0 spiro atoms. The number of nitrogens with zero attached hydrogens (tertiary/aromatic N) is 3. The van der Waals surface area contributed by atoms with Gasteiger partial charge in [-0.05, 0) is 43.3 Å². The Bertz CT molecular complexity index is 1140. The first-order chi connectivity index (χ1) is 15.7. The van der Waals surface area contributed by atoms with Crippen LogP contribution in [-0.4, -0.2) is 26.4 Å². The third-order valence-electron chi connectivity index (χ3n) is 4.83. The molecule has 1 heterocycles. The van der Waals surface area contributed by atoms with E-state index >= 15 is 0 Å². The molecule has 0 aliphatic heterocycles. The fraction of sp³-hybridized carbons (Fsp3) is 0.160. The Labute approximate surface area is 192 Å². The molecule has 0 saturated carbocycles. The van der Waals surface area contributed by atoms with Gasteiger partial charge >= 0.3 is 0 Å². The fourth-order valence-corrected chi connectivity index (χ4v) is 4.09. The number of anilines is 2. The summed E-state index contributed by atoms with van der Waals surface area (Å²) in [5.74, 6) is 1.40. The van der Waals surface area contributed by atoms with Crippen molar-refractivity contribution >= 4 is 29.0 Å². The second kappa shape index (κ2) is 10.6. The van der Waals surface area contributed by atoms with Crippen molar-refractivity contribution in [2.75, 3.05) is 16.4 Å². The molecule has 2 N–H and O–H groups in total. The van der Waals surface area contributed by atoms with Gasteiger partial charge in [-0.15, -0.1) is 10.2 Å². The third kappa shape index (κ3) is 5.76. The minimum atomic E-state index is -0.0178. The molecule has 1 amide bonds. The lowest BCUT2D eigenvalue weighted by atomic mass is 10.2. The van der Waals surface area contributed by atoms with E-state index in [2.05, 4.69) is 52.0 Å². The maximum absolute atomic E-state index is 12.3. The lowest BCUT2D eigenvalue weighted by molar-refractivity contribution is -0.115. The van der Waals surface area contributed by atoms with Gasteiger partial charge in [0.2, 0.25) is 5.91 Å². The summed E-state index contributed by atoms with van der Waals surface area (Å²) in [6.45, 7) is 2.61. The van der Waals surface area contributed by atoms with E-state index in [-0.39, 0.29) is 5.91 Å². The van der Waals surface area contributed by atoms with Gasteiger partial charge in [0.25, 0.3) is 0 Å². The molecule has 1 aromatic heterocycles. The highest BCUT2D eigenvalue weighted by Gasteiger charge is 2.15. The number of amides is 1. The standard InChI is InChI=1S/C25H25N5OS/c1-19-12-14-20(15-13-19)26-18-23-28-29-25(30(23)22-10-6-3-7-11-22)32-17-16-24(31)27-21-8-4-2-5-9-21/h2-15,26H,16-18H2,1H3,(H,27,31). The lowest BCUT2D eigenvalue weighted by Gasteiger charge is -2.11. The van der Waals surface area contributed by atoms with Crippen molar-refractivity contribution in [1.82, 2.24) is 14.8 Å². The molecular weight excluding hydrogens is 418 g/mol.